The first-order valence-corrected chi connectivity index (χ1v) is 11.9. The first-order valence-electron chi connectivity index (χ1n) is 11.9. The molecule has 40 heavy (non-hydrogen) atoms. The molecule has 0 saturated heterocycles. The van der Waals surface area contributed by atoms with E-state index in [1.807, 2.05) is 0 Å². The van der Waals surface area contributed by atoms with E-state index in [1.165, 1.54) is 53.4 Å². The molecule has 1 N–H and O–H groups in total. The number of carbonyl (C=O) groups is 1. The number of non-ortho nitro benzene ring substituents is 1. The van der Waals surface area contributed by atoms with Crippen molar-refractivity contribution in [3.63, 3.8) is 0 Å². The van der Waals surface area contributed by atoms with Crippen LogP contribution in [0.4, 0.5) is 34.6 Å². The number of rotatable bonds is 6. The number of carboxylic acids is 1. The van der Waals surface area contributed by atoms with Gasteiger partial charge in [-0.1, -0.05) is 54.6 Å². The minimum absolute atomic E-state index is 0.0255. The molecule has 0 radical (unpaired) electrons. The van der Waals surface area contributed by atoms with Gasteiger partial charge in [-0.25, -0.2) is 9.38 Å². The third kappa shape index (κ3) is 5.13. The monoisotopic (exact) mass is 549 g/mol. The van der Waals surface area contributed by atoms with E-state index in [2.05, 4.69) is 4.99 Å². The standard InChI is InChI=1S/C29H19F4N3O4/c30-24-9-3-8-23-25(16-26(37)38)35(21-6-2-5-20(15-21)29(31,32)33)28(34-27(23)24)18-12-10-17(11-13-18)19-4-1-7-22(14-19)36(39)40/h1-15,25H,16H2,(H,37,38). The van der Waals surface area contributed by atoms with Gasteiger partial charge in [0.05, 0.1) is 22.9 Å². The van der Waals surface area contributed by atoms with Crippen molar-refractivity contribution in [2.24, 2.45) is 4.99 Å². The van der Waals surface area contributed by atoms with Gasteiger partial charge in [-0.05, 0) is 35.4 Å². The van der Waals surface area contributed by atoms with Crippen LogP contribution in [0.3, 0.4) is 0 Å². The Morgan fingerprint density at radius 1 is 0.925 bits per heavy atom. The lowest BCUT2D eigenvalue weighted by Gasteiger charge is -2.38. The smallest absolute Gasteiger partial charge is 0.416 e. The third-order valence-electron chi connectivity index (χ3n) is 6.49. The number of fused-ring (bicyclic) bond motifs is 1. The first-order chi connectivity index (χ1) is 19.0. The lowest BCUT2D eigenvalue weighted by molar-refractivity contribution is -0.384. The van der Waals surface area contributed by atoms with Crippen molar-refractivity contribution in [2.75, 3.05) is 4.90 Å². The molecule has 0 fully saturated rings. The Morgan fingerprint density at radius 2 is 1.60 bits per heavy atom. The summed E-state index contributed by atoms with van der Waals surface area (Å²) in [7, 11) is 0. The number of hydrogen-bond donors (Lipinski definition) is 1. The summed E-state index contributed by atoms with van der Waals surface area (Å²) in [4.78, 5) is 28.4. The molecule has 4 aromatic rings. The second-order valence-electron chi connectivity index (χ2n) is 9.03. The third-order valence-corrected chi connectivity index (χ3v) is 6.49. The number of nitro groups is 1. The summed E-state index contributed by atoms with van der Waals surface area (Å²) in [5.74, 6) is -1.89. The quantitative estimate of drug-likeness (QED) is 0.152. The zero-order valence-corrected chi connectivity index (χ0v) is 20.5. The second kappa shape index (κ2) is 10.3. The average Bonchev–Trinajstić information content (AvgIpc) is 2.93. The van der Waals surface area contributed by atoms with Gasteiger partial charge in [0.15, 0.2) is 0 Å². The molecule has 1 aliphatic rings. The fourth-order valence-corrected chi connectivity index (χ4v) is 4.68. The van der Waals surface area contributed by atoms with Crippen molar-refractivity contribution in [2.45, 2.75) is 18.6 Å². The van der Waals surface area contributed by atoms with E-state index in [-0.39, 0.29) is 28.5 Å². The van der Waals surface area contributed by atoms with Crippen LogP contribution < -0.4 is 4.90 Å². The number of benzene rings is 4. The minimum Gasteiger partial charge on any atom is -0.481 e. The van der Waals surface area contributed by atoms with Crippen LogP contribution in [0.15, 0.2) is 96.0 Å². The van der Waals surface area contributed by atoms with Gasteiger partial charge >= 0.3 is 12.1 Å². The maximum atomic E-state index is 14.9. The van der Waals surface area contributed by atoms with Gasteiger partial charge in [-0.2, -0.15) is 13.2 Å². The molecule has 1 heterocycles. The molecule has 0 aromatic heterocycles. The molecule has 11 heteroatoms. The highest BCUT2D eigenvalue weighted by Crippen LogP contribution is 2.43. The number of aliphatic imine (C=N–C) groups is 1. The lowest BCUT2D eigenvalue weighted by atomic mass is 9.94. The molecule has 1 atom stereocenters. The molecular formula is C29H19F4N3O4. The van der Waals surface area contributed by atoms with Gasteiger partial charge in [0.25, 0.3) is 5.69 Å². The molecular weight excluding hydrogens is 530 g/mol. The van der Waals surface area contributed by atoms with Gasteiger partial charge in [0, 0.05) is 28.9 Å². The maximum absolute atomic E-state index is 14.9. The van der Waals surface area contributed by atoms with E-state index in [4.69, 9.17) is 0 Å². The summed E-state index contributed by atoms with van der Waals surface area (Å²) in [6, 6.07) is 19.8. The Morgan fingerprint density at radius 3 is 2.27 bits per heavy atom. The molecule has 0 aliphatic carbocycles. The van der Waals surface area contributed by atoms with Crippen LogP contribution in [-0.2, 0) is 11.0 Å². The highest BCUT2D eigenvalue weighted by molar-refractivity contribution is 6.13. The fourth-order valence-electron chi connectivity index (χ4n) is 4.68. The van der Waals surface area contributed by atoms with Crippen LogP contribution >= 0.6 is 0 Å². The van der Waals surface area contributed by atoms with Crippen LogP contribution in [-0.4, -0.2) is 21.8 Å². The predicted molar refractivity (Wildman–Crippen MR) is 140 cm³/mol. The highest BCUT2D eigenvalue weighted by Gasteiger charge is 2.37. The van der Waals surface area contributed by atoms with E-state index in [1.54, 1.807) is 30.3 Å². The summed E-state index contributed by atoms with van der Waals surface area (Å²) in [6.45, 7) is 0. The molecule has 7 nitrogen and oxygen atoms in total. The summed E-state index contributed by atoms with van der Waals surface area (Å²) in [6.07, 6.45) is -5.20. The summed E-state index contributed by atoms with van der Waals surface area (Å²) >= 11 is 0. The molecule has 0 amide bonds. The van der Waals surface area contributed by atoms with Crippen molar-refractivity contribution in [3.05, 3.63) is 124 Å². The maximum Gasteiger partial charge on any atom is 0.416 e. The SMILES string of the molecule is O=C(O)CC1c2cccc(F)c2N=C(c2ccc(-c3cccc([N+](=O)[O-])c3)cc2)N1c1cccc(C(F)(F)F)c1. The number of nitrogens with zero attached hydrogens (tertiary/aromatic N) is 3. The number of anilines is 1. The fraction of sp³-hybridized carbons (Fsp3) is 0.103. The Labute approximate surface area is 224 Å². The molecule has 0 bridgehead atoms. The number of hydrogen-bond acceptors (Lipinski definition) is 5. The van der Waals surface area contributed by atoms with E-state index in [9.17, 15) is 37.6 Å². The number of halogens is 4. The zero-order valence-electron chi connectivity index (χ0n) is 20.5. The predicted octanol–water partition coefficient (Wildman–Crippen LogP) is 7.53. The van der Waals surface area contributed by atoms with Crippen molar-refractivity contribution in [1.82, 2.24) is 0 Å². The lowest BCUT2D eigenvalue weighted by Crippen LogP contribution is -2.39. The number of nitro benzene ring substituents is 1. The Hall–Kier alpha value is -5.06. The van der Waals surface area contributed by atoms with Gasteiger partial charge < -0.3 is 10.0 Å². The van der Waals surface area contributed by atoms with E-state index < -0.39 is 40.9 Å². The number of amidine groups is 1. The number of para-hydroxylation sites is 1. The molecule has 1 unspecified atom stereocenters. The van der Waals surface area contributed by atoms with Crippen LogP contribution in [0.5, 0.6) is 0 Å². The van der Waals surface area contributed by atoms with E-state index in [0.29, 0.717) is 16.7 Å². The largest absolute Gasteiger partial charge is 0.481 e. The number of aliphatic carboxylic acids is 1. The average molecular weight is 549 g/mol. The van der Waals surface area contributed by atoms with Gasteiger partial charge in [-0.15, -0.1) is 0 Å². The Kier molecular flexibility index (Phi) is 6.80. The van der Waals surface area contributed by atoms with Crippen LogP contribution in [0, 0.1) is 15.9 Å². The van der Waals surface area contributed by atoms with Crippen molar-refractivity contribution >= 4 is 28.9 Å². The van der Waals surface area contributed by atoms with Gasteiger partial charge in [0.1, 0.15) is 17.3 Å². The first kappa shape index (κ1) is 26.5. The molecule has 5 rings (SSSR count). The van der Waals surface area contributed by atoms with Crippen LogP contribution in [0.2, 0.25) is 0 Å². The molecule has 202 valence electrons. The van der Waals surface area contributed by atoms with Gasteiger partial charge in [0.2, 0.25) is 0 Å². The van der Waals surface area contributed by atoms with Crippen LogP contribution in [0.25, 0.3) is 11.1 Å². The van der Waals surface area contributed by atoms with Crippen molar-refractivity contribution in [3.8, 4) is 11.1 Å². The number of carboxylic acid groups (broad SMARTS) is 1. The summed E-state index contributed by atoms with van der Waals surface area (Å²) in [5.41, 5.74) is 0.645. The Balaban J connectivity index is 1.67. The normalized spacial score (nSPS) is 14.8. The van der Waals surface area contributed by atoms with Crippen molar-refractivity contribution in [1.29, 1.82) is 0 Å². The van der Waals surface area contributed by atoms with E-state index in [0.717, 1.165) is 12.1 Å². The van der Waals surface area contributed by atoms with Gasteiger partial charge in [-0.3, -0.25) is 14.9 Å². The molecule has 0 saturated carbocycles. The summed E-state index contributed by atoms with van der Waals surface area (Å²) < 4.78 is 55.7. The molecule has 0 spiro atoms. The summed E-state index contributed by atoms with van der Waals surface area (Å²) in [5, 5.41) is 20.9. The Bertz CT molecular complexity index is 1650. The minimum atomic E-state index is -4.66. The van der Waals surface area contributed by atoms with E-state index >= 15 is 0 Å². The second-order valence-corrected chi connectivity index (χ2v) is 9.03. The molecule has 1 aliphatic heterocycles. The number of alkyl halides is 3. The zero-order chi connectivity index (χ0) is 28.6. The van der Waals surface area contributed by atoms with Crippen molar-refractivity contribution < 1.29 is 32.4 Å². The highest BCUT2D eigenvalue weighted by atomic mass is 19.4. The van der Waals surface area contributed by atoms with Crippen LogP contribution in [0.1, 0.15) is 29.2 Å². The topological polar surface area (TPSA) is 96.0 Å². The molecule has 4 aromatic carbocycles.